The van der Waals surface area contributed by atoms with Crippen molar-refractivity contribution >= 4 is 27.4 Å². The Hall–Kier alpha value is -2.35. The van der Waals surface area contributed by atoms with Gasteiger partial charge < -0.3 is 9.84 Å². The van der Waals surface area contributed by atoms with Crippen LogP contribution in [-0.4, -0.2) is 32.3 Å². The number of para-hydroxylation sites is 1. The van der Waals surface area contributed by atoms with E-state index in [0.29, 0.717) is 11.4 Å². The molecule has 0 aliphatic rings. The Balaban J connectivity index is 2.18. The summed E-state index contributed by atoms with van der Waals surface area (Å²) < 4.78 is 29.5. The van der Waals surface area contributed by atoms with Crippen LogP contribution in [0.1, 0.15) is 11.3 Å². The second-order valence-corrected chi connectivity index (χ2v) is 6.84. The van der Waals surface area contributed by atoms with Crippen LogP contribution in [0.3, 0.4) is 0 Å². The van der Waals surface area contributed by atoms with Crippen LogP contribution >= 0.6 is 0 Å². The zero-order valence-electron chi connectivity index (χ0n) is 12.5. The number of aromatic nitrogens is 1. The van der Waals surface area contributed by atoms with E-state index in [-0.39, 0.29) is 12.4 Å². The number of anilines is 2. The number of benzene rings is 1. The Labute approximate surface area is 129 Å². The van der Waals surface area contributed by atoms with Crippen molar-refractivity contribution in [3.8, 4) is 0 Å². The smallest absolute Gasteiger partial charge is 0.245 e. The number of nitrogens with one attached hydrogen (secondary N) is 1. The zero-order valence-corrected chi connectivity index (χ0v) is 13.3. The van der Waals surface area contributed by atoms with Gasteiger partial charge in [-0.3, -0.25) is 4.79 Å². The average molecular weight is 323 g/mol. The lowest BCUT2D eigenvalue weighted by Gasteiger charge is -2.18. The van der Waals surface area contributed by atoms with Crippen molar-refractivity contribution in [3.63, 3.8) is 0 Å². The van der Waals surface area contributed by atoms with Crippen LogP contribution in [0.25, 0.3) is 0 Å². The maximum Gasteiger partial charge on any atom is 0.245 e. The summed E-state index contributed by atoms with van der Waals surface area (Å²) in [5.74, 6) is 0.0864. The maximum atomic E-state index is 12.1. The molecule has 1 aromatic carbocycles. The predicted octanol–water partition coefficient (Wildman–Crippen LogP) is 1.70. The monoisotopic (exact) mass is 323 g/mol. The first-order valence-corrected chi connectivity index (χ1v) is 8.38. The number of aryl methyl sites for hydroxylation is 2. The van der Waals surface area contributed by atoms with Gasteiger partial charge in [0, 0.05) is 11.8 Å². The summed E-state index contributed by atoms with van der Waals surface area (Å²) in [6, 6.07) is 8.70. The van der Waals surface area contributed by atoms with Crippen molar-refractivity contribution in [2.24, 2.45) is 0 Å². The van der Waals surface area contributed by atoms with Crippen molar-refractivity contribution in [2.45, 2.75) is 13.8 Å². The van der Waals surface area contributed by atoms with Gasteiger partial charge in [0.1, 0.15) is 12.3 Å². The molecular weight excluding hydrogens is 306 g/mol. The van der Waals surface area contributed by atoms with Crippen LogP contribution in [0.5, 0.6) is 0 Å². The number of amides is 1. The number of carbonyl (C=O) groups is 1. The third-order valence-corrected chi connectivity index (χ3v) is 4.09. The van der Waals surface area contributed by atoms with E-state index in [4.69, 9.17) is 4.52 Å². The molecule has 0 radical (unpaired) electrons. The van der Waals surface area contributed by atoms with E-state index in [9.17, 15) is 13.2 Å². The lowest BCUT2D eigenvalue weighted by Crippen LogP contribution is -2.37. The van der Waals surface area contributed by atoms with Crippen molar-refractivity contribution in [3.05, 3.63) is 41.7 Å². The fourth-order valence-corrected chi connectivity index (χ4v) is 2.65. The Morgan fingerprint density at radius 3 is 2.55 bits per heavy atom. The van der Waals surface area contributed by atoms with E-state index in [1.54, 1.807) is 19.1 Å². The summed E-state index contributed by atoms with van der Waals surface area (Å²) in [7, 11) is -3.65. The van der Waals surface area contributed by atoms with E-state index in [2.05, 4.69) is 10.5 Å². The SMILES string of the molecule is Cc1cc(N(CC(=O)Nc2ccccc2C)S(C)(=O)=O)no1. The molecule has 0 saturated heterocycles. The fraction of sp³-hybridized carbons (Fsp3) is 0.286. The number of sulfonamides is 1. The number of hydrogen-bond donors (Lipinski definition) is 1. The van der Waals surface area contributed by atoms with Gasteiger partial charge in [0.2, 0.25) is 15.9 Å². The Kier molecular flexibility index (Phi) is 4.51. The van der Waals surface area contributed by atoms with Crippen molar-refractivity contribution in [1.82, 2.24) is 5.16 Å². The Morgan fingerprint density at radius 1 is 1.32 bits per heavy atom. The van der Waals surface area contributed by atoms with Gasteiger partial charge in [-0.15, -0.1) is 0 Å². The van der Waals surface area contributed by atoms with Crippen LogP contribution in [0.2, 0.25) is 0 Å². The normalized spacial score (nSPS) is 11.2. The molecule has 1 amide bonds. The molecule has 118 valence electrons. The van der Waals surface area contributed by atoms with Gasteiger partial charge in [-0.25, -0.2) is 12.7 Å². The first kappa shape index (κ1) is 16.0. The van der Waals surface area contributed by atoms with Crippen LogP contribution < -0.4 is 9.62 Å². The molecule has 1 N–H and O–H groups in total. The summed E-state index contributed by atoms with van der Waals surface area (Å²) in [6.07, 6.45) is 1.01. The lowest BCUT2D eigenvalue weighted by molar-refractivity contribution is -0.114. The molecule has 0 aliphatic carbocycles. The molecule has 0 atom stereocenters. The molecule has 0 unspecified atom stereocenters. The number of carbonyl (C=O) groups excluding carboxylic acids is 1. The molecule has 0 fully saturated rings. The highest BCUT2D eigenvalue weighted by atomic mass is 32.2. The summed E-state index contributed by atoms with van der Waals surface area (Å²) in [4.78, 5) is 12.1. The average Bonchev–Trinajstić information content (AvgIpc) is 2.84. The molecule has 0 aliphatic heterocycles. The van der Waals surface area contributed by atoms with Crippen molar-refractivity contribution < 1.29 is 17.7 Å². The zero-order chi connectivity index (χ0) is 16.3. The second-order valence-electron chi connectivity index (χ2n) is 4.93. The first-order chi connectivity index (χ1) is 10.3. The lowest BCUT2D eigenvalue weighted by atomic mass is 10.2. The highest BCUT2D eigenvalue weighted by Crippen LogP contribution is 2.18. The van der Waals surface area contributed by atoms with E-state index in [1.165, 1.54) is 6.07 Å². The largest absolute Gasteiger partial charge is 0.360 e. The standard InChI is InChI=1S/C14H17N3O4S/c1-10-6-4-5-7-12(10)15-14(18)9-17(22(3,19)20)13-8-11(2)21-16-13/h4-8H,9H2,1-3H3,(H,15,18). The molecule has 0 spiro atoms. The number of hydrogen-bond acceptors (Lipinski definition) is 5. The quantitative estimate of drug-likeness (QED) is 0.904. The molecule has 7 nitrogen and oxygen atoms in total. The summed E-state index contributed by atoms with van der Waals surface area (Å²) in [5, 5.41) is 6.34. The molecule has 22 heavy (non-hydrogen) atoms. The van der Waals surface area contributed by atoms with Gasteiger partial charge in [-0.05, 0) is 25.5 Å². The Bertz CT molecular complexity index is 783. The number of nitrogens with zero attached hydrogens (tertiary/aromatic N) is 2. The van der Waals surface area contributed by atoms with Crippen LogP contribution in [0.4, 0.5) is 11.5 Å². The maximum absolute atomic E-state index is 12.1. The minimum atomic E-state index is -3.65. The van der Waals surface area contributed by atoms with E-state index < -0.39 is 15.9 Å². The minimum absolute atomic E-state index is 0.0833. The van der Waals surface area contributed by atoms with Crippen LogP contribution in [0.15, 0.2) is 34.9 Å². The summed E-state index contributed by atoms with van der Waals surface area (Å²) in [5.41, 5.74) is 1.52. The van der Waals surface area contributed by atoms with Gasteiger partial charge in [-0.2, -0.15) is 0 Å². The van der Waals surface area contributed by atoms with Gasteiger partial charge in [0.25, 0.3) is 0 Å². The van der Waals surface area contributed by atoms with E-state index in [0.717, 1.165) is 16.1 Å². The summed E-state index contributed by atoms with van der Waals surface area (Å²) in [6.45, 7) is 3.12. The fourth-order valence-electron chi connectivity index (χ4n) is 1.87. The molecule has 8 heteroatoms. The molecular formula is C14H17N3O4S. The van der Waals surface area contributed by atoms with Crippen LogP contribution in [0, 0.1) is 13.8 Å². The Morgan fingerprint density at radius 2 is 2.00 bits per heavy atom. The third kappa shape index (κ3) is 3.85. The molecule has 0 saturated carbocycles. The topological polar surface area (TPSA) is 92.5 Å². The van der Waals surface area contributed by atoms with Gasteiger partial charge in [0.05, 0.1) is 6.26 Å². The third-order valence-electron chi connectivity index (χ3n) is 2.98. The van der Waals surface area contributed by atoms with Gasteiger partial charge >= 0.3 is 0 Å². The second kappa shape index (κ2) is 6.18. The molecule has 0 bridgehead atoms. The van der Waals surface area contributed by atoms with E-state index >= 15 is 0 Å². The highest BCUT2D eigenvalue weighted by Gasteiger charge is 2.24. The van der Waals surface area contributed by atoms with Crippen molar-refractivity contribution in [1.29, 1.82) is 0 Å². The predicted molar refractivity (Wildman–Crippen MR) is 83.2 cm³/mol. The molecule has 2 rings (SSSR count). The molecule has 2 aromatic rings. The summed E-state index contributed by atoms with van der Waals surface area (Å²) >= 11 is 0. The highest BCUT2D eigenvalue weighted by molar-refractivity contribution is 7.92. The van der Waals surface area contributed by atoms with E-state index in [1.807, 2.05) is 19.1 Å². The molecule has 1 aromatic heterocycles. The minimum Gasteiger partial charge on any atom is -0.360 e. The van der Waals surface area contributed by atoms with Gasteiger partial charge in [-0.1, -0.05) is 23.4 Å². The van der Waals surface area contributed by atoms with Crippen molar-refractivity contribution in [2.75, 3.05) is 22.4 Å². The molecule has 1 heterocycles. The number of rotatable bonds is 5. The van der Waals surface area contributed by atoms with Crippen LogP contribution in [-0.2, 0) is 14.8 Å². The van der Waals surface area contributed by atoms with Gasteiger partial charge in [0.15, 0.2) is 5.82 Å². The first-order valence-electron chi connectivity index (χ1n) is 6.54.